The molecule has 0 aromatic carbocycles. The van der Waals surface area contributed by atoms with Crippen molar-refractivity contribution in [2.75, 3.05) is 19.8 Å². The summed E-state index contributed by atoms with van der Waals surface area (Å²) in [6.07, 6.45) is 3.76. The lowest BCUT2D eigenvalue weighted by Gasteiger charge is -2.46. The van der Waals surface area contributed by atoms with Gasteiger partial charge in [0.25, 0.3) is 0 Å². The Bertz CT molecular complexity index is 340. The summed E-state index contributed by atoms with van der Waals surface area (Å²) in [4.78, 5) is 0. The molecule has 2 unspecified atom stereocenters. The Balaban J connectivity index is 1.58. The highest BCUT2D eigenvalue weighted by molar-refractivity contribution is 4.93. The molecule has 0 amide bonds. The number of aliphatic hydroxyl groups is 1. The number of rotatable bonds is 2. The molecule has 3 nitrogen and oxygen atoms in total. The lowest BCUT2D eigenvalue weighted by atomic mass is 9.72. The lowest BCUT2D eigenvalue weighted by Crippen LogP contribution is -2.48. The topological polar surface area (TPSA) is 38.7 Å². The second-order valence-electron chi connectivity index (χ2n) is 7.08. The summed E-state index contributed by atoms with van der Waals surface area (Å²) in [5.74, 6) is -2.30. The van der Waals surface area contributed by atoms with Crippen LogP contribution in [-0.4, -0.2) is 42.6 Å². The van der Waals surface area contributed by atoms with Gasteiger partial charge in [-0.2, -0.15) is 0 Å². The molecule has 21 heavy (non-hydrogen) atoms. The van der Waals surface area contributed by atoms with Crippen LogP contribution in [0, 0.1) is 11.8 Å². The Hall–Kier alpha value is -0.260. The molecule has 5 heteroatoms. The Labute approximate surface area is 125 Å². The van der Waals surface area contributed by atoms with E-state index in [2.05, 4.69) is 0 Å². The average molecular weight is 304 g/mol. The van der Waals surface area contributed by atoms with Crippen LogP contribution in [0.2, 0.25) is 0 Å². The Kier molecular flexibility index (Phi) is 4.53. The van der Waals surface area contributed by atoms with Crippen molar-refractivity contribution >= 4 is 0 Å². The molecule has 2 saturated heterocycles. The third-order valence-electron chi connectivity index (χ3n) is 5.66. The fourth-order valence-corrected chi connectivity index (χ4v) is 4.24. The predicted molar refractivity (Wildman–Crippen MR) is 74.4 cm³/mol. The lowest BCUT2D eigenvalue weighted by molar-refractivity contribution is -0.166. The maximum atomic E-state index is 13.3. The van der Waals surface area contributed by atoms with E-state index >= 15 is 0 Å². The molecule has 1 saturated carbocycles. The smallest absolute Gasteiger partial charge is 0.248 e. The van der Waals surface area contributed by atoms with Crippen molar-refractivity contribution in [2.24, 2.45) is 11.8 Å². The zero-order chi connectivity index (χ0) is 14.9. The van der Waals surface area contributed by atoms with Gasteiger partial charge in [0.15, 0.2) is 0 Å². The molecule has 1 spiro atoms. The monoisotopic (exact) mass is 304 g/mol. The minimum Gasteiger partial charge on any atom is -0.393 e. The van der Waals surface area contributed by atoms with Gasteiger partial charge in [0, 0.05) is 32.7 Å². The van der Waals surface area contributed by atoms with Crippen molar-refractivity contribution in [3.8, 4) is 0 Å². The normalized spacial score (nSPS) is 34.7. The standard InChI is InChI=1S/C16H26F2O3/c17-16(18)4-1-12(2-5-16)14(19)13-3-8-21-15(11-13)6-9-20-10-7-15/h12-14,19H,1-11H2. The summed E-state index contributed by atoms with van der Waals surface area (Å²) in [6.45, 7) is 2.11. The van der Waals surface area contributed by atoms with E-state index in [0.29, 0.717) is 19.4 Å². The van der Waals surface area contributed by atoms with Gasteiger partial charge < -0.3 is 14.6 Å². The third-order valence-corrected chi connectivity index (χ3v) is 5.66. The average Bonchev–Trinajstić information content (AvgIpc) is 2.47. The quantitative estimate of drug-likeness (QED) is 0.852. The van der Waals surface area contributed by atoms with Gasteiger partial charge in [-0.05, 0) is 50.4 Å². The number of halogens is 2. The summed E-state index contributed by atoms with van der Waals surface area (Å²) in [6, 6.07) is 0. The number of aliphatic hydroxyl groups excluding tert-OH is 1. The molecule has 3 aliphatic rings. The number of ether oxygens (including phenoxy) is 2. The molecule has 0 aromatic rings. The van der Waals surface area contributed by atoms with Crippen LogP contribution >= 0.6 is 0 Å². The third kappa shape index (κ3) is 3.57. The van der Waals surface area contributed by atoms with Gasteiger partial charge >= 0.3 is 0 Å². The highest BCUT2D eigenvalue weighted by Gasteiger charge is 2.44. The van der Waals surface area contributed by atoms with E-state index in [0.717, 1.165) is 38.9 Å². The van der Waals surface area contributed by atoms with Crippen molar-refractivity contribution < 1.29 is 23.4 Å². The Morgan fingerprint density at radius 3 is 2.24 bits per heavy atom. The first-order chi connectivity index (χ1) is 10.00. The summed E-state index contributed by atoms with van der Waals surface area (Å²) in [5.41, 5.74) is -0.138. The van der Waals surface area contributed by atoms with Crippen LogP contribution in [0.5, 0.6) is 0 Å². The van der Waals surface area contributed by atoms with Crippen LogP contribution < -0.4 is 0 Å². The van der Waals surface area contributed by atoms with Crippen LogP contribution in [0.3, 0.4) is 0 Å². The molecule has 2 aliphatic heterocycles. The van der Waals surface area contributed by atoms with Crippen LogP contribution in [0.15, 0.2) is 0 Å². The molecule has 2 atom stereocenters. The molecular weight excluding hydrogens is 278 g/mol. The summed E-state index contributed by atoms with van der Waals surface area (Å²) >= 11 is 0. The number of alkyl halides is 2. The van der Waals surface area contributed by atoms with Crippen molar-refractivity contribution in [1.29, 1.82) is 0 Å². The Morgan fingerprint density at radius 1 is 0.905 bits per heavy atom. The molecule has 0 bridgehead atoms. The van der Waals surface area contributed by atoms with E-state index in [1.807, 2.05) is 0 Å². The summed E-state index contributed by atoms with van der Waals surface area (Å²) in [5, 5.41) is 10.7. The summed E-state index contributed by atoms with van der Waals surface area (Å²) in [7, 11) is 0. The van der Waals surface area contributed by atoms with Gasteiger partial charge in [0.2, 0.25) is 5.92 Å². The highest BCUT2D eigenvalue weighted by Crippen LogP contribution is 2.43. The maximum absolute atomic E-state index is 13.3. The van der Waals surface area contributed by atoms with Crippen LogP contribution in [0.4, 0.5) is 8.78 Å². The number of hydrogen-bond acceptors (Lipinski definition) is 3. The van der Waals surface area contributed by atoms with E-state index in [9.17, 15) is 13.9 Å². The van der Waals surface area contributed by atoms with Gasteiger partial charge in [-0.15, -0.1) is 0 Å². The predicted octanol–water partition coefficient (Wildman–Crippen LogP) is 3.15. The van der Waals surface area contributed by atoms with Crippen molar-refractivity contribution in [3.05, 3.63) is 0 Å². The zero-order valence-electron chi connectivity index (χ0n) is 12.5. The molecule has 0 radical (unpaired) electrons. The molecule has 3 rings (SSSR count). The zero-order valence-corrected chi connectivity index (χ0v) is 12.5. The van der Waals surface area contributed by atoms with Gasteiger partial charge in [0.1, 0.15) is 0 Å². The van der Waals surface area contributed by atoms with Gasteiger partial charge in [-0.3, -0.25) is 0 Å². The van der Waals surface area contributed by atoms with E-state index in [-0.39, 0.29) is 30.3 Å². The summed E-state index contributed by atoms with van der Waals surface area (Å²) < 4.78 is 37.9. The van der Waals surface area contributed by atoms with Crippen molar-refractivity contribution in [2.45, 2.75) is 69.0 Å². The number of hydrogen-bond donors (Lipinski definition) is 1. The maximum Gasteiger partial charge on any atom is 0.248 e. The minimum atomic E-state index is -2.52. The minimum absolute atomic E-state index is 0.0321. The van der Waals surface area contributed by atoms with E-state index < -0.39 is 12.0 Å². The van der Waals surface area contributed by atoms with Gasteiger partial charge in [-0.25, -0.2) is 8.78 Å². The fourth-order valence-electron chi connectivity index (χ4n) is 4.24. The van der Waals surface area contributed by atoms with Gasteiger partial charge in [0.05, 0.1) is 11.7 Å². The highest BCUT2D eigenvalue weighted by atomic mass is 19.3. The van der Waals surface area contributed by atoms with E-state index in [1.54, 1.807) is 0 Å². The van der Waals surface area contributed by atoms with E-state index in [1.165, 1.54) is 0 Å². The fraction of sp³-hybridized carbons (Fsp3) is 1.00. The van der Waals surface area contributed by atoms with Crippen LogP contribution in [-0.2, 0) is 9.47 Å². The first-order valence-electron chi connectivity index (χ1n) is 8.27. The molecule has 3 fully saturated rings. The van der Waals surface area contributed by atoms with Crippen LogP contribution in [0.1, 0.15) is 51.4 Å². The molecule has 2 heterocycles. The van der Waals surface area contributed by atoms with Crippen molar-refractivity contribution in [1.82, 2.24) is 0 Å². The molecule has 122 valence electrons. The van der Waals surface area contributed by atoms with E-state index in [4.69, 9.17) is 9.47 Å². The SMILES string of the molecule is OC(C1CCC(F)(F)CC1)C1CCOC2(CCOCC2)C1. The second kappa shape index (κ2) is 6.09. The molecule has 1 aliphatic carbocycles. The molecular formula is C16H26F2O3. The largest absolute Gasteiger partial charge is 0.393 e. The van der Waals surface area contributed by atoms with Gasteiger partial charge in [-0.1, -0.05) is 0 Å². The first-order valence-corrected chi connectivity index (χ1v) is 8.27. The molecule has 0 aromatic heterocycles. The second-order valence-corrected chi connectivity index (χ2v) is 7.08. The van der Waals surface area contributed by atoms with Crippen LogP contribution in [0.25, 0.3) is 0 Å². The molecule has 1 N–H and O–H groups in total. The Morgan fingerprint density at radius 2 is 1.57 bits per heavy atom. The van der Waals surface area contributed by atoms with Crippen molar-refractivity contribution in [3.63, 3.8) is 0 Å². The first kappa shape index (κ1) is 15.6.